The molecule has 1 unspecified atom stereocenters. The van der Waals surface area contributed by atoms with E-state index in [1.165, 1.54) is 13.2 Å². The van der Waals surface area contributed by atoms with Gasteiger partial charge in [-0.05, 0) is 19.8 Å². The number of esters is 1. The zero-order valence-electron chi connectivity index (χ0n) is 9.90. The minimum Gasteiger partial charge on any atom is -0.467 e. The summed E-state index contributed by atoms with van der Waals surface area (Å²) in [7, 11) is 1.37. The first-order valence-corrected chi connectivity index (χ1v) is 5.54. The van der Waals surface area contributed by atoms with E-state index >= 15 is 0 Å². The van der Waals surface area contributed by atoms with Gasteiger partial charge in [-0.1, -0.05) is 0 Å². The van der Waals surface area contributed by atoms with Crippen LogP contribution in [0.4, 0.5) is 5.82 Å². The van der Waals surface area contributed by atoms with Gasteiger partial charge in [0.05, 0.1) is 7.11 Å². The second-order valence-corrected chi connectivity index (χ2v) is 4.06. The fourth-order valence-corrected chi connectivity index (χ4v) is 2.13. The van der Waals surface area contributed by atoms with E-state index < -0.39 is 0 Å². The number of aromatic nitrogens is 2. The van der Waals surface area contributed by atoms with Gasteiger partial charge in [0.1, 0.15) is 17.7 Å². The topological polar surface area (TPSA) is 75.3 Å². The number of rotatable bonds is 2. The van der Waals surface area contributed by atoms with Gasteiger partial charge >= 0.3 is 5.97 Å². The lowest BCUT2D eigenvalue weighted by atomic mass is 10.2. The number of ether oxygens (including phenoxy) is 1. The molecule has 1 atom stereocenters. The Balaban J connectivity index is 2.32. The maximum absolute atomic E-state index is 11.6. The third-order valence-corrected chi connectivity index (χ3v) is 2.87. The largest absolute Gasteiger partial charge is 0.467 e. The Morgan fingerprint density at radius 1 is 1.65 bits per heavy atom. The van der Waals surface area contributed by atoms with Crippen molar-refractivity contribution in [3.63, 3.8) is 0 Å². The van der Waals surface area contributed by atoms with Crippen LogP contribution in [-0.2, 0) is 9.53 Å². The number of methoxy groups -OCH3 is 1. The predicted octanol–water partition coefficient (Wildman–Crippen LogP) is 0.220. The summed E-state index contributed by atoms with van der Waals surface area (Å²) in [4.78, 5) is 31.6. The van der Waals surface area contributed by atoms with E-state index in [1.807, 2.05) is 4.90 Å². The first-order chi connectivity index (χ1) is 8.11. The van der Waals surface area contributed by atoms with Gasteiger partial charge in [-0.25, -0.2) is 9.78 Å². The molecule has 0 saturated carbocycles. The number of nitrogens with one attached hydrogen (secondary N) is 1. The Labute approximate surface area is 98.6 Å². The molecule has 1 N–H and O–H groups in total. The van der Waals surface area contributed by atoms with Crippen LogP contribution in [0.1, 0.15) is 18.7 Å². The zero-order chi connectivity index (χ0) is 12.4. The summed E-state index contributed by atoms with van der Waals surface area (Å²) < 4.78 is 4.75. The number of H-pyrrole nitrogens is 1. The first kappa shape index (κ1) is 11.6. The van der Waals surface area contributed by atoms with Gasteiger partial charge < -0.3 is 14.6 Å². The molecule has 0 spiro atoms. The van der Waals surface area contributed by atoms with E-state index in [0.717, 1.165) is 19.4 Å². The van der Waals surface area contributed by atoms with Crippen molar-refractivity contribution in [3.05, 3.63) is 22.2 Å². The molecule has 2 rings (SSSR count). The fraction of sp³-hybridized carbons (Fsp3) is 0.545. The summed E-state index contributed by atoms with van der Waals surface area (Å²) >= 11 is 0. The van der Waals surface area contributed by atoms with Gasteiger partial charge in [0.2, 0.25) is 0 Å². The van der Waals surface area contributed by atoms with Crippen LogP contribution in [0.25, 0.3) is 0 Å². The van der Waals surface area contributed by atoms with Crippen LogP contribution in [0, 0.1) is 6.92 Å². The monoisotopic (exact) mass is 237 g/mol. The van der Waals surface area contributed by atoms with E-state index in [1.54, 1.807) is 6.92 Å². The number of hydrogen-bond acceptors (Lipinski definition) is 5. The molecule has 2 heterocycles. The number of aryl methyl sites for hydroxylation is 1. The molecule has 6 heteroatoms. The van der Waals surface area contributed by atoms with Crippen molar-refractivity contribution in [2.24, 2.45) is 0 Å². The molecule has 1 aliphatic rings. The molecule has 92 valence electrons. The molecule has 1 aliphatic heterocycles. The molecule has 1 saturated heterocycles. The molecule has 0 aliphatic carbocycles. The smallest absolute Gasteiger partial charge is 0.328 e. The van der Waals surface area contributed by atoms with Crippen molar-refractivity contribution in [3.8, 4) is 0 Å². The standard InChI is InChI=1S/C11H15N3O3/c1-7-12-9(6-10(15)13-7)14-5-3-4-8(14)11(16)17-2/h6,8H,3-5H2,1-2H3,(H,12,13,15). The molecule has 0 radical (unpaired) electrons. The highest BCUT2D eigenvalue weighted by atomic mass is 16.5. The highest BCUT2D eigenvalue weighted by molar-refractivity contribution is 5.80. The SMILES string of the molecule is COC(=O)C1CCCN1c1cc(=O)[nH]c(C)n1. The number of anilines is 1. The summed E-state index contributed by atoms with van der Waals surface area (Å²) in [5.74, 6) is 0.810. The second-order valence-electron chi connectivity index (χ2n) is 4.06. The molecule has 0 amide bonds. The van der Waals surface area contributed by atoms with Crippen molar-refractivity contribution in [1.29, 1.82) is 0 Å². The summed E-state index contributed by atoms with van der Waals surface area (Å²) in [6.07, 6.45) is 1.63. The van der Waals surface area contributed by atoms with Gasteiger partial charge in [-0.2, -0.15) is 0 Å². The number of nitrogens with zero attached hydrogens (tertiary/aromatic N) is 2. The zero-order valence-corrected chi connectivity index (χ0v) is 9.90. The lowest BCUT2D eigenvalue weighted by Gasteiger charge is -2.23. The van der Waals surface area contributed by atoms with Crippen molar-refractivity contribution in [2.75, 3.05) is 18.6 Å². The van der Waals surface area contributed by atoms with E-state index in [2.05, 4.69) is 9.97 Å². The predicted molar refractivity (Wildman–Crippen MR) is 62.0 cm³/mol. The summed E-state index contributed by atoms with van der Waals surface area (Å²) in [5.41, 5.74) is -0.206. The molecular formula is C11H15N3O3. The van der Waals surface area contributed by atoms with Gasteiger partial charge in [0.25, 0.3) is 5.56 Å². The molecule has 1 aromatic heterocycles. The van der Waals surface area contributed by atoms with Crippen LogP contribution < -0.4 is 10.5 Å². The Morgan fingerprint density at radius 3 is 3.06 bits per heavy atom. The second kappa shape index (κ2) is 4.57. The summed E-state index contributed by atoms with van der Waals surface area (Å²) in [6, 6.07) is 1.09. The molecule has 0 bridgehead atoms. The Hall–Kier alpha value is -1.85. The van der Waals surface area contributed by atoms with Crippen LogP contribution in [0.2, 0.25) is 0 Å². The average molecular weight is 237 g/mol. The van der Waals surface area contributed by atoms with Crippen LogP contribution >= 0.6 is 0 Å². The normalized spacial score (nSPS) is 19.4. The highest BCUT2D eigenvalue weighted by Gasteiger charge is 2.32. The van der Waals surface area contributed by atoms with Gasteiger partial charge in [-0.15, -0.1) is 0 Å². The van der Waals surface area contributed by atoms with E-state index in [-0.39, 0.29) is 17.6 Å². The van der Waals surface area contributed by atoms with Gasteiger partial charge in [0.15, 0.2) is 0 Å². The van der Waals surface area contributed by atoms with Gasteiger partial charge in [0, 0.05) is 12.6 Å². The maximum Gasteiger partial charge on any atom is 0.328 e. The Bertz CT molecular complexity index is 483. The van der Waals surface area contributed by atoms with Gasteiger partial charge in [-0.3, -0.25) is 4.79 Å². The van der Waals surface area contributed by atoms with Crippen LogP contribution in [-0.4, -0.2) is 35.6 Å². The third kappa shape index (κ3) is 2.30. The molecule has 6 nitrogen and oxygen atoms in total. The van der Waals surface area contributed by atoms with E-state index in [9.17, 15) is 9.59 Å². The van der Waals surface area contributed by atoms with Crippen LogP contribution in [0.3, 0.4) is 0 Å². The Kier molecular flexibility index (Phi) is 3.12. The molecule has 1 aromatic rings. The lowest BCUT2D eigenvalue weighted by Crippen LogP contribution is -2.38. The minimum atomic E-state index is -0.325. The summed E-state index contributed by atoms with van der Waals surface area (Å²) in [5, 5.41) is 0. The molecule has 1 fully saturated rings. The van der Waals surface area contributed by atoms with E-state index in [4.69, 9.17) is 4.74 Å². The molecule has 17 heavy (non-hydrogen) atoms. The molecular weight excluding hydrogens is 222 g/mol. The first-order valence-electron chi connectivity index (χ1n) is 5.54. The lowest BCUT2D eigenvalue weighted by molar-refractivity contribution is -0.141. The van der Waals surface area contributed by atoms with Crippen molar-refractivity contribution in [1.82, 2.24) is 9.97 Å². The van der Waals surface area contributed by atoms with Crippen LogP contribution in [0.5, 0.6) is 0 Å². The third-order valence-electron chi connectivity index (χ3n) is 2.87. The average Bonchev–Trinajstić information content (AvgIpc) is 2.75. The van der Waals surface area contributed by atoms with E-state index in [0.29, 0.717) is 11.6 Å². The number of carbonyl (C=O) groups excluding carboxylic acids is 1. The summed E-state index contributed by atoms with van der Waals surface area (Å²) in [6.45, 7) is 2.43. The highest BCUT2D eigenvalue weighted by Crippen LogP contribution is 2.23. The quantitative estimate of drug-likeness (QED) is 0.745. The Morgan fingerprint density at radius 2 is 2.41 bits per heavy atom. The number of aromatic amines is 1. The molecule has 0 aromatic carbocycles. The van der Waals surface area contributed by atoms with Crippen molar-refractivity contribution < 1.29 is 9.53 Å². The van der Waals surface area contributed by atoms with Crippen molar-refractivity contribution in [2.45, 2.75) is 25.8 Å². The number of hydrogen-bond donors (Lipinski definition) is 1. The van der Waals surface area contributed by atoms with Crippen LogP contribution in [0.15, 0.2) is 10.9 Å². The number of carbonyl (C=O) groups is 1. The minimum absolute atomic E-state index is 0.206. The fourth-order valence-electron chi connectivity index (χ4n) is 2.13. The maximum atomic E-state index is 11.6. The van der Waals surface area contributed by atoms with Crippen molar-refractivity contribution >= 4 is 11.8 Å².